The van der Waals surface area contributed by atoms with E-state index in [0.29, 0.717) is 10.8 Å². The van der Waals surface area contributed by atoms with Gasteiger partial charge >= 0.3 is 0 Å². The predicted octanol–water partition coefficient (Wildman–Crippen LogP) is 3.10. The molecule has 2 rings (SSSR count). The van der Waals surface area contributed by atoms with Gasteiger partial charge in [-0.25, -0.2) is 9.97 Å². The third-order valence-corrected chi connectivity index (χ3v) is 3.11. The largest absolute Gasteiger partial charge is 0.383 e. The first kappa shape index (κ1) is 11.2. The average Bonchev–Trinajstić information content (AvgIpc) is 2.31. The van der Waals surface area contributed by atoms with E-state index in [1.807, 2.05) is 24.5 Å². The van der Waals surface area contributed by atoms with Gasteiger partial charge in [0.05, 0.1) is 10.0 Å². The van der Waals surface area contributed by atoms with Crippen LogP contribution in [0.15, 0.2) is 35.6 Å². The topological polar surface area (TPSA) is 51.8 Å². The number of aromatic nitrogens is 2. The zero-order valence-electron chi connectivity index (χ0n) is 8.64. The van der Waals surface area contributed by atoms with Crippen LogP contribution in [0.5, 0.6) is 0 Å². The lowest BCUT2D eigenvalue weighted by atomic mass is 10.1. The van der Waals surface area contributed by atoms with Crippen LogP contribution < -0.4 is 5.73 Å². The molecular weight excluding hydrogens is 242 g/mol. The van der Waals surface area contributed by atoms with Crippen molar-refractivity contribution >= 4 is 29.2 Å². The van der Waals surface area contributed by atoms with E-state index in [0.717, 1.165) is 16.2 Å². The number of pyridine rings is 2. The number of nitrogens with zero attached hydrogens (tertiary/aromatic N) is 2. The monoisotopic (exact) mass is 251 g/mol. The standard InChI is InChI=1S/C11H10ClN3S/c1-16-10-5-8(9(12)6-15-10)7-3-2-4-14-11(7)13/h2-6H,1H3,(H2,13,14). The fourth-order valence-electron chi connectivity index (χ4n) is 1.38. The molecule has 2 aromatic rings. The van der Waals surface area contributed by atoms with Gasteiger partial charge in [0.25, 0.3) is 0 Å². The van der Waals surface area contributed by atoms with Crippen LogP contribution in [-0.4, -0.2) is 16.2 Å². The lowest BCUT2D eigenvalue weighted by Crippen LogP contribution is -1.94. The van der Waals surface area contributed by atoms with Gasteiger partial charge in [-0.3, -0.25) is 0 Å². The van der Waals surface area contributed by atoms with Crippen molar-refractivity contribution in [3.8, 4) is 11.1 Å². The molecule has 0 radical (unpaired) electrons. The van der Waals surface area contributed by atoms with Gasteiger partial charge in [0, 0.05) is 23.5 Å². The Hall–Kier alpha value is -1.26. The van der Waals surface area contributed by atoms with Crippen molar-refractivity contribution < 1.29 is 0 Å². The first-order valence-corrected chi connectivity index (χ1v) is 6.23. The van der Waals surface area contributed by atoms with Gasteiger partial charge in [-0.05, 0) is 24.5 Å². The van der Waals surface area contributed by atoms with Crippen LogP contribution in [0.1, 0.15) is 0 Å². The summed E-state index contributed by atoms with van der Waals surface area (Å²) in [6.07, 6.45) is 5.26. The molecule has 2 N–H and O–H groups in total. The van der Waals surface area contributed by atoms with Crippen molar-refractivity contribution in [2.45, 2.75) is 5.03 Å². The van der Waals surface area contributed by atoms with Gasteiger partial charge in [-0.2, -0.15) is 0 Å². The Kier molecular flexibility index (Phi) is 3.31. The van der Waals surface area contributed by atoms with Crippen LogP contribution in [0.2, 0.25) is 5.02 Å². The molecule has 2 aromatic heterocycles. The smallest absolute Gasteiger partial charge is 0.131 e. The van der Waals surface area contributed by atoms with Crippen LogP contribution in [0, 0.1) is 0 Å². The van der Waals surface area contributed by atoms with Crippen LogP contribution in [0.25, 0.3) is 11.1 Å². The molecule has 0 aromatic carbocycles. The maximum atomic E-state index is 6.10. The fourth-order valence-corrected chi connectivity index (χ4v) is 1.98. The molecule has 0 unspecified atom stereocenters. The van der Waals surface area contributed by atoms with Crippen molar-refractivity contribution in [2.75, 3.05) is 12.0 Å². The first-order valence-electron chi connectivity index (χ1n) is 4.63. The molecule has 3 nitrogen and oxygen atoms in total. The zero-order valence-corrected chi connectivity index (χ0v) is 10.2. The molecule has 0 fully saturated rings. The van der Waals surface area contributed by atoms with E-state index in [1.54, 1.807) is 24.2 Å². The summed E-state index contributed by atoms with van der Waals surface area (Å²) in [5, 5.41) is 1.49. The second-order valence-electron chi connectivity index (χ2n) is 3.14. The first-order chi connectivity index (χ1) is 7.72. The number of hydrogen-bond donors (Lipinski definition) is 1. The minimum atomic E-state index is 0.475. The predicted molar refractivity (Wildman–Crippen MR) is 68.7 cm³/mol. The molecule has 0 aliphatic heterocycles. The summed E-state index contributed by atoms with van der Waals surface area (Å²) in [7, 11) is 0. The molecule has 82 valence electrons. The maximum absolute atomic E-state index is 6.10. The minimum Gasteiger partial charge on any atom is -0.383 e. The Labute approximate surface area is 103 Å². The highest BCUT2D eigenvalue weighted by molar-refractivity contribution is 7.98. The third kappa shape index (κ3) is 2.13. The molecule has 5 heteroatoms. The summed E-state index contributed by atoms with van der Waals surface area (Å²) in [6, 6.07) is 5.65. The number of thioether (sulfide) groups is 1. The Balaban J connectivity index is 2.59. The zero-order chi connectivity index (χ0) is 11.5. The molecule has 0 saturated heterocycles. The maximum Gasteiger partial charge on any atom is 0.131 e. The lowest BCUT2D eigenvalue weighted by Gasteiger charge is -2.07. The highest BCUT2D eigenvalue weighted by atomic mass is 35.5. The molecule has 0 aliphatic rings. The van der Waals surface area contributed by atoms with Gasteiger partial charge in [0.15, 0.2) is 0 Å². The van der Waals surface area contributed by atoms with Crippen molar-refractivity contribution in [1.82, 2.24) is 9.97 Å². The molecule has 0 spiro atoms. The summed E-state index contributed by atoms with van der Waals surface area (Å²) in [6.45, 7) is 0. The van der Waals surface area contributed by atoms with Crippen molar-refractivity contribution in [2.24, 2.45) is 0 Å². The Morgan fingerprint density at radius 2 is 2.12 bits per heavy atom. The second-order valence-corrected chi connectivity index (χ2v) is 4.38. The summed E-state index contributed by atoms with van der Waals surface area (Å²) >= 11 is 7.67. The van der Waals surface area contributed by atoms with E-state index in [2.05, 4.69) is 9.97 Å². The van der Waals surface area contributed by atoms with E-state index in [4.69, 9.17) is 17.3 Å². The highest BCUT2D eigenvalue weighted by Crippen LogP contribution is 2.32. The molecule has 0 saturated carbocycles. The van der Waals surface area contributed by atoms with Crippen LogP contribution >= 0.6 is 23.4 Å². The molecule has 0 aliphatic carbocycles. The van der Waals surface area contributed by atoms with E-state index in [1.165, 1.54) is 0 Å². The van der Waals surface area contributed by atoms with Gasteiger partial charge in [-0.1, -0.05) is 11.6 Å². The quantitative estimate of drug-likeness (QED) is 0.834. The normalized spacial score (nSPS) is 10.4. The number of nitrogen functional groups attached to an aromatic ring is 1. The van der Waals surface area contributed by atoms with Crippen molar-refractivity contribution in [1.29, 1.82) is 0 Å². The van der Waals surface area contributed by atoms with Crippen LogP contribution in [-0.2, 0) is 0 Å². The minimum absolute atomic E-state index is 0.475. The fraction of sp³-hybridized carbons (Fsp3) is 0.0909. The van der Waals surface area contributed by atoms with Gasteiger partial charge in [0.2, 0.25) is 0 Å². The summed E-state index contributed by atoms with van der Waals surface area (Å²) < 4.78 is 0. The van der Waals surface area contributed by atoms with E-state index in [-0.39, 0.29) is 0 Å². The van der Waals surface area contributed by atoms with Gasteiger partial charge in [0.1, 0.15) is 5.82 Å². The lowest BCUT2D eigenvalue weighted by molar-refractivity contribution is 1.14. The molecule has 0 atom stereocenters. The Bertz CT molecular complexity index is 516. The van der Waals surface area contributed by atoms with E-state index < -0.39 is 0 Å². The number of rotatable bonds is 2. The Morgan fingerprint density at radius 3 is 2.81 bits per heavy atom. The highest BCUT2D eigenvalue weighted by Gasteiger charge is 2.08. The number of hydrogen-bond acceptors (Lipinski definition) is 4. The average molecular weight is 252 g/mol. The molecule has 0 bridgehead atoms. The number of halogens is 1. The summed E-state index contributed by atoms with van der Waals surface area (Å²) in [5.41, 5.74) is 7.52. The Morgan fingerprint density at radius 1 is 1.31 bits per heavy atom. The van der Waals surface area contributed by atoms with E-state index >= 15 is 0 Å². The van der Waals surface area contributed by atoms with E-state index in [9.17, 15) is 0 Å². The van der Waals surface area contributed by atoms with Gasteiger partial charge < -0.3 is 5.73 Å². The van der Waals surface area contributed by atoms with Gasteiger partial charge in [-0.15, -0.1) is 11.8 Å². The summed E-state index contributed by atoms with van der Waals surface area (Å²) in [4.78, 5) is 8.23. The SMILES string of the molecule is CSc1cc(-c2cccnc2N)c(Cl)cn1. The van der Waals surface area contributed by atoms with Crippen LogP contribution in [0.3, 0.4) is 0 Å². The second kappa shape index (κ2) is 4.72. The molecule has 2 heterocycles. The van der Waals surface area contributed by atoms with Crippen molar-refractivity contribution in [3.63, 3.8) is 0 Å². The third-order valence-electron chi connectivity index (χ3n) is 2.17. The molecular formula is C11H10ClN3S. The number of anilines is 1. The van der Waals surface area contributed by atoms with Crippen molar-refractivity contribution in [3.05, 3.63) is 35.6 Å². The molecule has 16 heavy (non-hydrogen) atoms. The van der Waals surface area contributed by atoms with Crippen LogP contribution in [0.4, 0.5) is 5.82 Å². The number of nitrogens with two attached hydrogens (primary N) is 1. The summed E-state index contributed by atoms with van der Waals surface area (Å²) in [5.74, 6) is 0.475. The molecule has 0 amide bonds.